The first kappa shape index (κ1) is 14.1. The first-order chi connectivity index (χ1) is 10.1. The van der Waals surface area contributed by atoms with E-state index in [1.54, 1.807) is 0 Å². The molecule has 1 atom stereocenters. The number of benzene rings is 2. The van der Waals surface area contributed by atoms with Crippen LogP contribution in [0.25, 0.3) is 10.8 Å². The Morgan fingerprint density at radius 3 is 2.38 bits per heavy atom. The van der Waals surface area contributed by atoms with Gasteiger partial charge in [0, 0.05) is 17.6 Å². The summed E-state index contributed by atoms with van der Waals surface area (Å²) < 4.78 is 0. The third-order valence-electron chi connectivity index (χ3n) is 4.60. The van der Waals surface area contributed by atoms with Crippen molar-refractivity contribution in [1.29, 1.82) is 0 Å². The molecule has 1 saturated carbocycles. The molecular weight excluding hydrogens is 258 g/mol. The van der Waals surface area contributed by atoms with Gasteiger partial charge in [-0.05, 0) is 42.5 Å². The number of amides is 1. The van der Waals surface area contributed by atoms with Crippen molar-refractivity contribution in [2.75, 3.05) is 0 Å². The number of carbonyl (C=O) groups excluding carboxylic acids is 1. The highest BCUT2D eigenvalue weighted by Crippen LogP contribution is 2.33. The summed E-state index contributed by atoms with van der Waals surface area (Å²) in [7, 11) is 0. The van der Waals surface area contributed by atoms with Gasteiger partial charge in [-0.1, -0.05) is 50.2 Å². The minimum Gasteiger partial charge on any atom is -0.333 e. The van der Waals surface area contributed by atoms with Crippen molar-refractivity contribution in [3.8, 4) is 0 Å². The Morgan fingerprint density at radius 1 is 1.05 bits per heavy atom. The molecule has 0 heterocycles. The van der Waals surface area contributed by atoms with Crippen LogP contribution >= 0.6 is 0 Å². The Hall–Kier alpha value is -1.83. The molecule has 2 aromatic rings. The van der Waals surface area contributed by atoms with Crippen LogP contribution in [0.2, 0.25) is 0 Å². The zero-order chi connectivity index (χ0) is 15.0. The molecule has 1 amide bonds. The molecule has 1 aliphatic carbocycles. The lowest BCUT2D eigenvalue weighted by atomic mass is 10.00. The Bertz CT molecular complexity index is 652. The summed E-state index contributed by atoms with van der Waals surface area (Å²) in [5, 5.41) is 2.20. The summed E-state index contributed by atoms with van der Waals surface area (Å²) in [4.78, 5) is 15.2. The van der Waals surface area contributed by atoms with E-state index in [2.05, 4.69) is 37.8 Å². The van der Waals surface area contributed by atoms with Crippen molar-refractivity contribution in [2.45, 2.75) is 45.7 Å². The lowest BCUT2D eigenvalue weighted by molar-refractivity contribution is 0.0630. The summed E-state index contributed by atoms with van der Waals surface area (Å²) >= 11 is 0. The molecule has 0 spiro atoms. The van der Waals surface area contributed by atoms with Gasteiger partial charge in [0.2, 0.25) is 0 Å². The Morgan fingerprint density at radius 2 is 1.71 bits per heavy atom. The highest BCUT2D eigenvalue weighted by atomic mass is 16.2. The Kier molecular flexibility index (Phi) is 3.71. The van der Waals surface area contributed by atoms with Crippen molar-refractivity contribution in [3.63, 3.8) is 0 Å². The lowest BCUT2D eigenvalue weighted by Crippen LogP contribution is -2.43. The third kappa shape index (κ3) is 2.67. The van der Waals surface area contributed by atoms with Gasteiger partial charge in [0.15, 0.2) is 0 Å². The molecule has 2 heteroatoms. The largest absolute Gasteiger partial charge is 0.333 e. The smallest absolute Gasteiger partial charge is 0.254 e. The highest BCUT2D eigenvalue weighted by molar-refractivity contribution is 6.07. The monoisotopic (exact) mass is 281 g/mol. The van der Waals surface area contributed by atoms with E-state index in [4.69, 9.17) is 0 Å². The molecule has 0 saturated heterocycles. The molecule has 3 rings (SSSR count). The number of hydrogen-bond donors (Lipinski definition) is 0. The highest BCUT2D eigenvalue weighted by Gasteiger charge is 2.37. The van der Waals surface area contributed by atoms with Crippen molar-refractivity contribution < 1.29 is 4.79 Å². The molecule has 1 fully saturated rings. The normalized spacial score (nSPS) is 16.2. The molecule has 0 N–H and O–H groups in total. The van der Waals surface area contributed by atoms with E-state index in [1.165, 1.54) is 0 Å². The first-order valence-electron chi connectivity index (χ1n) is 7.90. The SMILES string of the molecule is CC(C)C(C)N(C(=O)c1cccc2ccccc12)C1CC1. The summed E-state index contributed by atoms with van der Waals surface area (Å²) in [5.41, 5.74) is 0.840. The van der Waals surface area contributed by atoms with Crippen LogP contribution in [-0.4, -0.2) is 22.9 Å². The van der Waals surface area contributed by atoms with E-state index in [0.29, 0.717) is 12.0 Å². The van der Waals surface area contributed by atoms with E-state index < -0.39 is 0 Å². The van der Waals surface area contributed by atoms with Crippen LogP contribution in [0.3, 0.4) is 0 Å². The molecule has 21 heavy (non-hydrogen) atoms. The lowest BCUT2D eigenvalue weighted by Gasteiger charge is -2.32. The third-order valence-corrected chi connectivity index (χ3v) is 4.60. The zero-order valence-corrected chi connectivity index (χ0v) is 13.0. The quantitative estimate of drug-likeness (QED) is 0.808. The predicted molar refractivity (Wildman–Crippen MR) is 87.4 cm³/mol. The number of rotatable bonds is 4. The maximum absolute atomic E-state index is 13.1. The van der Waals surface area contributed by atoms with Gasteiger partial charge in [-0.3, -0.25) is 4.79 Å². The maximum Gasteiger partial charge on any atom is 0.254 e. The number of nitrogens with zero attached hydrogens (tertiary/aromatic N) is 1. The molecule has 0 aromatic heterocycles. The zero-order valence-electron chi connectivity index (χ0n) is 13.0. The van der Waals surface area contributed by atoms with Gasteiger partial charge in [-0.2, -0.15) is 0 Å². The molecule has 2 nitrogen and oxygen atoms in total. The van der Waals surface area contributed by atoms with Gasteiger partial charge in [0.05, 0.1) is 0 Å². The standard InChI is InChI=1S/C19H23NO/c1-13(2)14(3)20(16-11-12-16)19(21)18-10-6-8-15-7-4-5-9-17(15)18/h4-10,13-14,16H,11-12H2,1-3H3. The average molecular weight is 281 g/mol. The maximum atomic E-state index is 13.1. The molecule has 110 valence electrons. The number of hydrogen-bond acceptors (Lipinski definition) is 1. The fraction of sp³-hybridized carbons (Fsp3) is 0.421. The van der Waals surface area contributed by atoms with Crippen LogP contribution < -0.4 is 0 Å². The van der Waals surface area contributed by atoms with Crippen molar-refractivity contribution in [1.82, 2.24) is 4.90 Å². The number of fused-ring (bicyclic) bond motifs is 1. The van der Waals surface area contributed by atoms with Gasteiger partial charge in [0.1, 0.15) is 0 Å². The van der Waals surface area contributed by atoms with E-state index >= 15 is 0 Å². The molecule has 0 bridgehead atoms. The van der Waals surface area contributed by atoms with Gasteiger partial charge < -0.3 is 4.90 Å². The summed E-state index contributed by atoms with van der Waals surface area (Å²) in [6.07, 6.45) is 2.29. The average Bonchev–Trinajstić information content (AvgIpc) is 3.31. The van der Waals surface area contributed by atoms with Crippen LogP contribution in [0, 0.1) is 5.92 Å². The van der Waals surface area contributed by atoms with Crippen LogP contribution in [0.4, 0.5) is 0 Å². The second kappa shape index (κ2) is 5.51. The summed E-state index contributed by atoms with van der Waals surface area (Å²) in [6, 6.07) is 14.9. The van der Waals surface area contributed by atoms with E-state index in [9.17, 15) is 4.79 Å². The molecular formula is C19H23NO. The van der Waals surface area contributed by atoms with Crippen LogP contribution in [0.15, 0.2) is 42.5 Å². The first-order valence-corrected chi connectivity index (χ1v) is 7.90. The Balaban J connectivity index is 2.02. The van der Waals surface area contributed by atoms with E-state index in [1.807, 2.05) is 30.3 Å². The van der Waals surface area contributed by atoms with Gasteiger partial charge in [0.25, 0.3) is 5.91 Å². The van der Waals surface area contributed by atoms with Crippen molar-refractivity contribution in [2.24, 2.45) is 5.92 Å². The summed E-state index contributed by atoms with van der Waals surface area (Å²) in [5.74, 6) is 0.667. The van der Waals surface area contributed by atoms with Crippen molar-refractivity contribution >= 4 is 16.7 Å². The second-order valence-corrected chi connectivity index (χ2v) is 6.45. The summed E-state index contributed by atoms with van der Waals surface area (Å²) in [6.45, 7) is 6.55. The van der Waals surface area contributed by atoms with E-state index in [-0.39, 0.29) is 11.9 Å². The molecule has 1 unspecified atom stereocenters. The predicted octanol–water partition coefficient (Wildman–Crippen LogP) is 4.49. The van der Waals surface area contributed by atoms with Gasteiger partial charge >= 0.3 is 0 Å². The van der Waals surface area contributed by atoms with Crippen LogP contribution in [-0.2, 0) is 0 Å². The minimum absolute atomic E-state index is 0.190. The molecule has 2 aromatic carbocycles. The van der Waals surface area contributed by atoms with Crippen LogP contribution in [0.1, 0.15) is 44.0 Å². The Labute approximate surface area is 126 Å². The molecule has 1 aliphatic rings. The second-order valence-electron chi connectivity index (χ2n) is 6.45. The molecule has 0 aliphatic heterocycles. The van der Waals surface area contributed by atoms with E-state index in [0.717, 1.165) is 29.2 Å². The topological polar surface area (TPSA) is 20.3 Å². The van der Waals surface area contributed by atoms with Crippen LogP contribution in [0.5, 0.6) is 0 Å². The molecule has 0 radical (unpaired) electrons. The van der Waals surface area contributed by atoms with Gasteiger partial charge in [-0.15, -0.1) is 0 Å². The fourth-order valence-electron chi connectivity index (χ4n) is 2.91. The minimum atomic E-state index is 0.190. The fourth-order valence-corrected chi connectivity index (χ4v) is 2.91. The van der Waals surface area contributed by atoms with Crippen molar-refractivity contribution in [3.05, 3.63) is 48.0 Å². The van der Waals surface area contributed by atoms with Gasteiger partial charge in [-0.25, -0.2) is 0 Å². The number of carbonyl (C=O) groups is 1.